The van der Waals surface area contributed by atoms with Gasteiger partial charge in [0.25, 0.3) is 0 Å². The molecule has 0 unspecified atom stereocenters. The molecule has 3 nitrogen and oxygen atoms in total. The lowest BCUT2D eigenvalue weighted by Gasteiger charge is -2.04. The summed E-state index contributed by atoms with van der Waals surface area (Å²) in [4.78, 5) is 12.3. The molecule has 0 aliphatic rings. The van der Waals surface area contributed by atoms with E-state index in [0.717, 1.165) is 5.75 Å². The van der Waals surface area contributed by atoms with Gasteiger partial charge in [-0.05, 0) is 19.1 Å². The number of hydrogen-bond donors (Lipinski definition) is 1. The maximum absolute atomic E-state index is 11.1. The first-order valence-electron chi connectivity index (χ1n) is 5.17. The highest BCUT2D eigenvalue weighted by molar-refractivity contribution is 7.99. The van der Waals surface area contributed by atoms with Crippen molar-refractivity contribution in [2.75, 3.05) is 26.0 Å². The smallest absolute Gasteiger partial charge is 0.246 e. The van der Waals surface area contributed by atoms with Crippen molar-refractivity contribution in [3.8, 4) is 0 Å². The lowest BCUT2D eigenvalue weighted by molar-refractivity contribution is -0.124. The van der Waals surface area contributed by atoms with Gasteiger partial charge >= 0.3 is 0 Å². The van der Waals surface area contributed by atoms with Crippen LogP contribution in [0.4, 0.5) is 0 Å². The number of amides is 1. The molecule has 0 spiro atoms. The quantitative estimate of drug-likeness (QED) is 0.608. The zero-order valence-electron chi connectivity index (χ0n) is 9.66. The number of carbonyl (C=O) groups is 1. The van der Waals surface area contributed by atoms with Crippen molar-refractivity contribution in [3.05, 3.63) is 29.8 Å². The minimum atomic E-state index is -0.0630. The lowest BCUT2D eigenvalue weighted by Crippen LogP contribution is -2.28. The van der Waals surface area contributed by atoms with Crippen LogP contribution in [0.2, 0.25) is 0 Å². The SMILES string of the molecule is COCC(=O)NCCSc1ccc(C)cc1. The van der Waals surface area contributed by atoms with E-state index in [1.54, 1.807) is 11.8 Å². The van der Waals surface area contributed by atoms with Gasteiger partial charge < -0.3 is 10.1 Å². The van der Waals surface area contributed by atoms with E-state index in [2.05, 4.69) is 36.5 Å². The maximum atomic E-state index is 11.1. The standard InChI is InChI=1S/C12H17NO2S/c1-10-3-5-11(6-4-10)16-8-7-13-12(14)9-15-2/h3-6H,7-9H2,1-2H3,(H,13,14). The highest BCUT2D eigenvalue weighted by atomic mass is 32.2. The van der Waals surface area contributed by atoms with Crippen LogP contribution < -0.4 is 5.32 Å². The molecule has 0 aliphatic heterocycles. The molecule has 1 rings (SSSR count). The molecule has 4 heteroatoms. The molecule has 1 amide bonds. The Labute approximate surface area is 101 Å². The first-order chi connectivity index (χ1) is 7.72. The maximum Gasteiger partial charge on any atom is 0.246 e. The molecule has 0 saturated heterocycles. The molecule has 88 valence electrons. The highest BCUT2D eigenvalue weighted by Crippen LogP contribution is 2.17. The number of hydrogen-bond acceptors (Lipinski definition) is 3. The summed E-state index contributed by atoms with van der Waals surface area (Å²) >= 11 is 1.73. The summed E-state index contributed by atoms with van der Waals surface area (Å²) in [6, 6.07) is 8.37. The summed E-state index contributed by atoms with van der Waals surface area (Å²) < 4.78 is 4.71. The minimum Gasteiger partial charge on any atom is -0.375 e. The van der Waals surface area contributed by atoms with Crippen molar-refractivity contribution in [3.63, 3.8) is 0 Å². The second-order valence-electron chi connectivity index (χ2n) is 3.44. The highest BCUT2D eigenvalue weighted by Gasteiger charge is 1.98. The van der Waals surface area contributed by atoms with Crippen LogP contribution in [0.1, 0.15) is 5.56 Å². The Morgan fingerprint density at radius 1 is 1.38 bits per heavy atom. The molecule has 0 heterocycles. The third kappa shape index (κ3) is 5.19. The molecule has 1 aromatic rings. The van der Waals surface area contributed by atoms with E-state index in [1.165, 1.54) is 17.6 Å². The fraction of sp³-hybridized carbons (Fsp3) is 0.417. The Morgan fingerprint density at radius 2 is 2.06 bits per heavy atom. The van der Waals surface area contributed by atoms with Crippen molar-refractivity contribution in [2.24, 2.45) is 0 Å². The Bertz CT molecular complexity index is 324. The second-order valence-corrected chi connectivity index (χ2v) is 4.61. The summed E-state index contributed by atoms with van der Waals surface area (Å²) in [7, 11) is 1.51. The van der Waals surface area contributed by atoms with Gasteiger partial charge in [-0.2, -0.15) is 0 Å². The van der Waals surface area contributed by atoms with E-state index in [1.807, 2.05) is 0 Å². The van der Waals surface area contributed by atoms with Gasteiger partial charge in [-0.25, -0.2) is 0 Å². The Hall–Kier alpha value is -1.00. The molecule has 0 aliphatic carbocycles. The van der Waals surface area contributed by atoms with Crippen LogP contribution in [0.25, 0.3) is 0 Å². The fourth-order valence-corrected chi connectivity index (χ4v) is 1.94. The number of nitrogens with one attached hydrogen (secondary N) is 1. The largest absolute Gasteiger partial charge is 0.375 e. The molecule has 0 atom stereocenters. The molecular formula is C12H17NO2S. The first-order valence-corrected chi connectivity index (χ1v) is 6.16. The number of thioether (sulfide) groups is 1. The first kappa shape index (κ1) is 13.1. The predicted octanol–water partition coefficient (Wildman–Crippen LogP) is 1.85. The molecule has 1 aromatic carbocycles. The van der Waals surface area contributed by atoms with Crippen LogP contribution >= 0.6 is 11.8 Å². The molecule has 1 N–H and O–H groups in total. The normalized spacial score (nSPS) is 10.1. The van der Waals surface area contributed by atoms with Crippen LogP contribution in [-0.2, 0) is 9.53 Å². The van der Waals surface area contributed by atoms with Crippen molar-refractivity contribution in [2.45, 2.75) is 11.8 Å². The van der Waals surface area contributed by atoms with Crippen molar-refractivity contribution in [1.82, 2.24) is 5.32 Å². The Kier molecular flexibility index (Phi) is 5.96. The van der Waals surface area contributed by atoms with Crippen molar-refractivity contribution >= 4 is 17.7 Å². The van der Waals surface area contributed by atoms with Crippen LogP contribution in [0.3, 0.4) is 0 Å². The van der Waals surface area contributed by atoms with Gasteiger partial charge in [-0.1, -0.05) is 17.7 Å². The Balaban J connectivity index is 2.16. The summed E-state index contributed by atoms with van der Waals surface area (Å²) in [5.41, 5.74) is 1.26. The third-order valence-corrected chi connectivity index (χ3v) is 3.00. The zero-order valence-corrected chi connectivity index (χ0v) is 10.5. The molecule has 0 fully saturated rings. The predicted molar refractivity (Wildman–Crippen MR) is 66.8 cm³/mol. The summed E-state index contributed by atoms with van der Waals surface area (Å²) in [5, 5.41) is 2.78. The lowest BCUT2D eigenvalue weighted by atomic mass is 10.2. The van der Waals surface area contributed by atoms with Gasteiger partial charge in [-0.15, -0.1) is 11.8 Å². The topological polar surface area (TPSA) is 38.3 Å². The molecule has 0 radical (unpaired) electrons. The minimum absolute atomic E-state index is 0.0630. The van der Waals surface area contributed by atoms with Crippen molar-refractivity contribution < 1.29 is 9.53 Å². The van der Waals surface area contributed by atoms with Gasteiger partial charge in [0.05, 0.1) is 0 Å². The number of carbonyl (C=O) groups excluding carboxylic acids is 1. The second kappa shape index (κ2) is 7.30. The van der Waals surface area contributed by atoms with Crippen LogP contribution in [0, 0.1) is 6.92 Å². The third-order valence-electron chi connectivity index (χ3n) is 1.99. The van der Waals surface area contributed by atoms with Crippen LogP contribution in [0.15, 0.2) is 29.2 Å². The Morgan fingerprint density at radius 3 is 2.69 bits per heavy atom. The van der Waals surface area contributed by atoms with Crippen LogP contribution in [0.5, 0.6) is 0 Å². The average molecular weight is 239 g/mol. The number of aryl methyl sites for hydroxylation is 1. The van der Waals surface area contributed by atoms with E-state index in [4.69, 9.17) is 4.74 Å². The van der Waals surface area contributed by atoms with E-state index >= 15 is 0 Å². The van der Waals surface area contributed by atoms with E-state index in [0.29, 0.717) is 6.54 Å². The van der Waals surface area contributed by atoms with Gasteiger partial charge in [0, 0.05) is 24.3 Å². The zero-order chi connectivity index (χ0) is 11.8. The van der Waals surface area contributed by atoms with E-state index in [-0.39, 0.29) is 12.5 Å². The van der Waals surface area contributed by atoms with Gasteiger partial charge in [0.15, 0.2) is 0 Å². The number of benzene rings is 1. The molecule has 16 heavy (non-hydrogen) atoms. The summed E-state index contributed by atoms with van der Waals surface area (Å²) in [6.07, 6.45) is 0. The van der Waals surface area contributed by atoms with E-state index < -0.39 is 0 Å². The van der Waals surface area contributed by atoms with Crippen molar-refractivity contribution in [1.29, 1.82) is 0 Å². The summed E-state index contributed by atoms with van der Waals surface area (Å²) in [6.45, 7) is 2.87. The number of rotatable bonds is 6. The van der Waals surface area contributed by atoms with Crippen LogP contribution in [-0.4, -0.2) is 31.9 Å². The number of methoxy groups -OCH3 is 1. The fourth-order valence-electron chi connectivity index (χ4n) is 1.18. The number of ether oxygens (including phenoxy) is 1. The molecular weight excluding hydrogens is 222 g/mol. The monoisotopic (exact) mass is 239 g/mol. The van der Waals surface area contributed by atoms with E-state index in [9.17, 15) is 4.79 Å². The average Bonchev–Trinajstić information content (AvgIpc) is 2.27. The molecule has 0 bridgehead atoms. The summed E-state index contributed by atoms with van der Waals surface area (Å²) in [5.74, 6) is 0.811. The van der Waals surface area contributed by atoms with Gasteiger partial charge in [0.1, 0.15) is 6.61 Å². The molecule has 0 aromatic heterocycles. The van der Waals surface area contributed by atoms with Gasteiger partial charge in [0.2, 0.25) is 5.91 Å². The molecule has 0 saturated carbocycles. The van der Waals surface area contributed by atoms with Gasteiger partial charge in [-0.3, -0.25) is 4.79 Å².